The van der Waals surface area contributed by atoms with E-state index in [0.29, 0.717) is 24.0 Å². The van der Waals surface area contributed by atoms with Gasteiger partial charge in [0, 0.05) is 17.8 Å². The molecule has 0 unspecified atom stereocenters. The minimum absolute atomic E-state index is 0.315. The summed E-state index contributed by atoms with van der Waals surface area (Å²) in [4.78, 5) is 0. The van der Waals surface area contributed by atoms with Crippen LogP contribution in [0.15, 0.2) is 18.2 Å². The van der Waals surface area contributed by atoms with Gasteiger partial charge >= 0.3 is 0 Å². The zero-order valence-electron chi connectivity index (χ0n) is 11.6. The second kappa shape index (κ2) is 5.64. The predicted molar refractivity (Wildman–Crippen MR) is 80.1 cm³/mol. The molecule has 3 rings (SSSR count). The zero-order valence-corrected chi connectivity index (χ0v) is 12.4. The molecule has 2 heterocycles. The van der Waals surface area contributed by atoms with Crippen LogP contribution in [0.1, 0.15) is 24.8 Å². The van der Waals surface area contributed by atoms with Crippen molar-refractivity contribution in [2.24, 2.45) is 5.92 Å². The van der Waals surface area contributed by atoms with Gasteiger partial charge in [0.15, 0.2) is 0 Å². The quantitative estimate of drug-likeness (QED) is 0.929. The van der Waals surface area contributed by atoms with Crippen LogP contribution in [0.3, 0.4) is 0 Å². The van der Waals surface area contributed by atoms with Crippen LogP contribution in [0.4, 0.5) is 5.69 Å². The third-order valence-corrected chi connectivity index (χ3v) is 5.92. The van der Waals surface area contributed by atoms with Crippen LogP contribution < -0.4 is 10.1 Å². The fourth-order valence-electron chi connectivity index (χ4n) is 2.93. The average Bonchev–Trinajstić information content (AvgIpc) is 2.46. The van der Waals surface area contributed by atoms with E-state index < -0.39 is 9.84 Å². The molecule has 0 aromatic heterocycles. The fourth-order valence-corrected chi connectivity index (χ4v) is 4.51. The largest absolute Gasteiger partial charge is 0.493 e. The van der Waals surface area contributed by atoms with Gasteiger partial charge in [-0.15, -0.1) is 0 Å². The van der Waals surface area contributed by atoms with E-state index in [-0.39, 0.29) is 0 Å². The van der Waals surface area contributed by atoms with Crippen molar-refractivity contribution in [3.05, 3.63) is 23.8 Å². The first-order chi connectivity index (χ1) is 9.64. The van der Waals surface area contributed by atoms with Crippen LogP contribution in [-0.2, 0) is 16.3 Å². The minimum atomic E-state index is -2.78. The third-order valence-electron chi connectivity index (χ3n) is 4.20. The van der Waals surface area contributed by atoms with Gasteiger partial charge in [-0.3, -0.25) is 0 Å². The lowest BCUT2D eigenvalue weighted by atomic mass is 10.0. The summed E-state index contributed by atoms with van der Waals surface area (Å²) in [6.07, 6.45) is 3.65. The molecule has 110 valence electrons. The Kier molecular flexibility index (Phi) is 3.87. The lowest BCUT2D eigenvalue weighted by molar-refractivity contribution is 0.236. The first-order valence-electron chi connectivity index (χ1n) is 7.33. The summed E-state index contributed by atoms with van der Waals surface area (Å²) in [5, 5.41) is 3.39. The van der Waals surface area contributed by atoms with E-state index in [4.69, 9.17) is 4.74 Å². The molecule has 5 heteroatoms. The molecule has 2 aliphatic heterocycles. The highest BCUT2D eigenvalue weighted by Crippen LogP contribution is 2.31. The highest BCUT2D eigenvalue weighted by atomic mass is 32.2. The second-order valence-corrected chi connectivity index (χ2v) is 8.02. The molecular formula is C15H21NO3S. The topological polar surface area (TPSA) is 55.4 Å². The van der Waals surface area contributed by atoms with Gasteiger partial charge in [0.25, 0.3) is 0 Å². The van der Waals surface area contributed by atoms with E-state index in [9.17, 15) is 8.42 Å². The van der Waals surface area contributed by atoms with Crippen molar-refractivity contribution < 1.29 is 13.2 Å². The molecule has 4 nitrogen and oxygen atoms in total. The summed E-state index contributed by atoms with van der Waals surface area (Å²) in [6, 6.07) is 6.12. The molecule has 0 bridgehead atoms. The highest BCUT2D eigenvalue weighted by molar-refractivity contribution is 7.91. The minimum Gasteiger partial charge on any atom is -0.493 e. The molecule has 1 aromatic carbocycles. The number of fused-ring (bicyclic) bond motifs is 1. The number of hydrogen-bond acceptors (Lipinski definition) is 4. The van der Waals surface area contributed by atoms with Gasteiger partial charge in [-0.2, -0.15) is 0 Å². The fraction of sp³-hybridized carbons (Fsp3) is 0.600. The van der Waals surface area contributed by atoms with Gasteiger partial charge in [-0.1, -0.05) is 6.07 Å². The molecule has 2 aliphatic rings. The molecule has 0 saturated carbocycles. The molecule has 1 saturated heterocycles. The summed E-state index contributed by atoms with van der Waals surface area (Å²) < 4.78 is 28.8. The molecule has 0 spiro atoms. The molecule has 0 radical (unpaired) electrons. The second-order valence-electron chi connectivity index (χ2n) is 5.72. The molecule has 0 atom stereocenters. The molecule has 1 N–H and O–H groups in total. The van der Waals surface area contributed by atoms with Gasteiger partial charge in [0.2, 0.25) is 0 Å². The van der Waals surface area contributed by atoms with Crippen LogP contribution >= 0.6 is 0 Å². The van der Waals surface area contributed by atoms with Crippen molar-refractivity contribution in [2.45, 2.75) is 25.7 Å². The van der Waals surface area contributed by atoms with E-state index in [1.807, 2.05) is 12.1 Å². The van der Waals surface area contributed by atoms with E-state index in [1.165, 1.54) is 11.3 Å². The summed E-state index contributed by atoms with van der Waals surface area (Å²) in [5.74, 6) is 1.96. The first-order valence-corrected chi connectivity index (χ1v) is 9.15. The summed E-state index contributed by atoms with van der Waals surface area (Å²) in [6.45, 7) is 1.66. The van der Waals surface area contributed by atoms with Crippen molar-refractivity contribution in [2.75, 3.05) is 30.0 Å². The van der Waals surface area contributed by atoms with Gasteiger partial charge in [-0.25, -0.2) is 8.42 Å². The lowest BCUT2D eigenvalue weighted by Gasteiger charge is -2.24. The van der Waals surface area contributed by atoms with Crippen molar-refractivity contribution in [3.8, 4) is 5.75 Å². The Morgan fingerprint density at radius 2 is 2.05 bits per heavy atom. The van der Waals surface area contributed by atoms with Crippen LogP contribution in [0.25, 0.3) is 0 Å². The molecular weight excluding hydrogens is 274 g/mol. The zero-order chi connectivity index (χ0) is 14.0. The van der Waals surface area contributed by atoms with Gasteiger partial charge < -0.3 is 10.1 Å². The Labute approximate surface area is 120 Å². The lowest BCUT2D eigenvalue weighted by Crippen LogP contribution is -2.27. The molecule has 20 heavy (non-hydrogen) atoms. The first kappa shape index (κ1) is 13.7. The Hall–Kier alpha value is -1.23. The summed E-state index contributed by atoms with van der Waals surface area (Å²) in [7, 11) is -2.78. The van der Waals surface area contributed by atoms with Crippen molar-refractivity contribution in [1.29, 1.82) is 0 Å². The smallest absolute Gasteiger partial charge is 0.150 e. The van der Waals surface area contributed by atoms with Crippen molar-refractivity contribution >= 4 is 15.5 Å². The third kappa shape index (κ3) is 3.08. The highest BCUT2D eigenvalue weighted by Gasteiger charge is 2.24. The van der Waals surface area contributed by atoms with Crippen LogP contribution in [0.2, 0.25) is 0 Å². The maximum Gasteiger partial charge on any atom is 0.150 e. The number of hydrogen-bond donors (Lipinski definition) is 1. The maximum absolute atomic E-state index is 11.4. The molecule has 1 aromatic rings. The Morgan fingerprint density at radius 1 is 1.25 bits per heavy atom. The van der Waals surface area contributed by atoms with Crippen molar-refractivity contribution in [1.82, 2.24) is 0 Å². The molecule has 1 fully saturated rings. The number of benzene rings is 1. The maximum atomic E-state index is 11.4. The average molecular weight is 295 g/mol. The van der Waals surface area contributed by atoms with E-state index in [1.54, 1.807) is 0 Å². The van der Waals surface area contributed by atoms with Crippen LogP contribution in [-0.4, -0.2) is 33.1 Å². The Morgan fingerprint density at radius 3 is 2.85 bits per heavy atom. The SMILES string of the molecule is O=S1(=O)CCC(COc2cccc3c2CCCN3)CC1. The number of rotatable bonds is 3. The summed E-state index contributed by atoms with van der Waals surface area (Å²) in [5.41, 5.74) is 2.45. The van der Waals surface area contributed by atoms with E-state index >= 15 is 0 Å². The normalized spacial score (nSPS) is 21.8. The number of ether oxygens (including phenoxy) is 1. The van der Waals surface area contributed by atoms with Crippen LogP contribution in [0, 0.1) is 5.92 Å². The molecule has 0 aliphatic carbocycles. The van der Waals surface area contributed by atoms with Gasteiger partial charge in [-0.05, 0) is 43.7 Å². The predicted octanol–water partition coefficient (Wildman–Crippen LogP) is 2.25. The monoisotopic (exact) mass is 295 g/mol. The molecule has 0 amide bonds. The number of sulfone groups is 1. The van der Waals surface area contributed by atoms with E-state index in [0.717, 1.165) is 38.0 Å². The van der Waals surface area contributed by atoms with Crippen molar-refractivity contribution in [3.63, 3.8) is 0 Å². The number of nitrogens with one attached hydrogen (secondary N) is 1. The summed E-state index contributed by atoms with van der Waals surface area (Å²) >= 11 is 0. The standard InChI is InChI=1S/C15H21NO3S/c17-20(18)9-6-12(7-10-20)11-19-15-5-1-4-14-13(15)3-2-8-16-14/h1,4-5,12,16H,2-3,6-11H2. The Bertz CT molecular complexity index is 569. The van der Waals surface area contributed by atoms with E-state index in [2.05, 4.69) is 11.4 Å². The Balaban J connectivity index is 1.62. The number of anilines is 1. The van der Waals surface area contributed by atoms with Gasteiger partial charge in [0.05, 0.1) is 18.1 Å². The van der Waals surface area contributed by atoms with Crippen LogP contribution in [0.5, 0.6) is 5.75 Å². The van der Waals surface area contributed by atoms with Gasteiger partial charge in [0.1, 0.15) is 15.6 Å².